The van der Waals surface area contributed by atoms with Crippen LogP contribution in [0.5, 0.6) is 5.75 Å². The van der Waals surface area contributed by atoms with Crippen molar-refractivity contribution in [2.75, 3.05) is 0 Å². The number of pyridine rings is 1. The number of carboxylic acid groups (broad SMARTS) is 1. The first kappa shape index (κ1) is 13.0. The van der Waals surface area contributed by atoms with Crippen molar-refractivity contribution in [1.82, 2.24) is 15.1 Å². The lowest BCUT2D eigenvalue weighted by Gasteiger charge is -2.02. The molecule has 100 valence electrons. The molecule has 19 heavy (non-hydrogen) atoms. The van der Waals surface area contributed by atoms with Crippen LogP contribution in [0, 0.1) is 0 Å². The van der Waals surface area contributed by atoms with E-state index < -0.39 is 5.97 Å². The van der Waals surface area contributed by atoms with Crippen LogP contribution < -0.4 is 4.74 Å². The standard InChI is InChI=1S/C12H13N3O4/c1-7(2)11-14-10(19-15-11)6-18-9-3-8(12(16)17)4-13-5-9/h3-5,7H,6H2,1-2H3,(H,16,17). The number of hydrogen-bond acceptors (Lipinski definition) is 6. The van der Waals surface area contributed by atoms with Gasteiger partial charge in [0.05, 0.1) is 11.8 Å². The maximum atomic E-state index is 10.8. The quantitative estimate of drug-likeness (QED) is 0.878. The van der Waals surface area contributed by atoms with E-state index in [1.807, 2.05) is 13.8 Å². The summed E-state index contributed by atoms with van der Waals surface area (Å²) in [6, 6.07) is 1.38. The summed E-state index contributed by atoms with van der Waals surface area (Å²) in [6.07, 6.45) is 2.67. The van der Waals surface area contributed by atoms with Crippen molar-refractivity contribution in [3.63, 3.8) is 0 Å². The Morgan fingerprint density at radius 3 is 2.89 bits per heavy atom. The molecular formula is C12H13N3O4. The van der Waals surface area contributed by atoms with Crippen LogP contribution in [-0.4, -0.2) is 26.2 Å². The number of carbonyl (C=O) groups is 1. The number of hydrogen-bond donors (Lipinski definition) is 1. The first-order valence-corrected chi connectivity index (χ1v) is 5.70. The topological polar surface area (TPSA) is 98.3 Å². The van der Waals surface area contributed by atoms with E-state index in [-0.39, 0.29) is 18.1 Å². The first-order valence-electron chi connectivity index (χ1n) is 5.70. The van der Waals surface area contributed by atoms with Gasteiger partial charge in [-0.05, 0) is 6.07 Å². The minimum Gasteiger partial charge on any atom is -0.482 e. The molecule has 0 amide bonds. The van der Waals surface area contributed by atoms with E-state index >= 15 is 0 Å². The molecule has 0 spiro atoms. The summed E-state index contributed by atoms with van der Waals surface area (Å²) in [7, 11) is 0. The van der Waals surface area contributed by atoms with Gasteiger partial charge in [0.2, 0.25) is 0 Å². The van der Waals surface area contributed by atoms with Gasteiger partial charge in [-0.1, -0.05) is 19.0 Å². The van der Waals surface area contributed by atoms with Crippen molar-refractivity contribution in [1.29, 1.82) is 0 Å². The zero-order valence-corrected chi connectivity index (χ0v) is 10.5. The zero-order valence-electron chi connectivity index (χ0n) is 10.5. The number of ether oxygens (including phenoxy) is 1. The summed E-state index contributed by atoms with van der Waals surface area (Å²) in [5, 5.41) is 12.6. The second-order valence-corrected chi connectivity index (χ2v) is 4.20. The minimum absolute atomic E-state index is 0.0610. The molecule has 0 saturated heterocycles. The number of aromatic nitrogens is 3. The molecule has 0 unspecified atom stereocenters. The minimum atomic E-state index is -1.06. The molecule has 7 heteroatoms. The third-order valence-corrected chi connectivity index (χ3v) is 2.32. The SMILES string of the molecule is CC(C)c1noc(COc2cncc(C(=O)O)c2)n1. The van der Waals surface area contributed by atoms with Crippen LogP contribution in [0.1, 0.15) is 41.8 Å². The van der Waals surface area contributed by atoms with Gasteiger partial charge in [0, 0.05) is 12.1 Å². The van der Waals surface area contributed by atoms with Gasteiger partial charge < -0.3 is 14.4 Å². The molecule has 2 aromatic rings. The average molecular weight is 263 g/mol. The molecule has 0 aliphatic carbocycles. The number of aromatic carboxylic acids is 1. The Morgan fingerprint density at radius 2 is 2.26 bits per heavy atom. The van der Waals surface area contributed by atoms with E-state index in [4.69, 9.17) is 14.4 Å². The molecule has 2 heterocycles. The van der Waals surface area contributed by atoms with Crippen molar-refractivity contribution in [3.05, 3.63) is 35.7 Å². The van der Waals surface area contributed by atoms with E-state index in [0.29, 0.717) is 17.5 Å². The van der Waals surface area contributed by atoms with Crippen molar-refractivity contribution in [2.45, 2.75) is 26.4 Å². The molecule has 0 saturated carbocycles. The second-order valence-electron chi connectivity index (χ2n) is 4.20. The Labute approximate surface area is 109 Å². The molecule has 0 radical (unpaired) electrons. The van der Waals surface area contributed by atoms with Gasteiger partial charge in [-0.3, -0.25) is 4.98 Å². The fourth-order valence-corrected chi connectivity index (χ4v) is 1.32. The first-order chi connectivity index (χ1) is 9.06. The summed E-state index contributed by atoms with van der Waals surface area (Å²) in [6.45, 7) is 3.98. The molecule has 2 rings (SSSR count). The molecule has 0 atom stereocenters. The second kappa shape index (κ2) is 5.47. The lowest BCUT2D eigenvalue weighted by molar-refractivity contribution is 0.0696. The number of nitrogens with zero attached hydrogens (tertiary/aromatic N) is 3. The lowest BCUT2D eigenvalue weighted by atomic mass is 10.2. The summed E-state index contributed by atoms with van der Waals surface area (Å²) in [5.41, 5.74) is 0.0610. The van der Waals surface area contributed by atoms with Crippen LogP contribution in [0.3, 0.4) is 0 Å². The smallest absolute Gasteiger partial charge is 0.337 e. The molecule has 0 aliphatic heterocycles. The van der Waals surface area contributed by atoms with Gasteiger partial charge in [0.15, 0.2) is 12.4 Å². The van der Waals surface area contributed by atoms with Crippen LogP contribution in [0.4, 0.5) is 0 Å². The third kappa shape index (κ3) is 3.27. The van der Waals surface area contributed by atoms with Gasteiger partial charge in [-0.25, -0.2) is 4.79 Å². The zero-order chi connectivity index (χ0) is 13.8. The van der Waals surface area contributed by atoms with E-state index in [1.165, 1.54) is 18.5 Å². The fourth-order valence-electron chi connectivity index (χ4n) is 1.32. The van der Waals surface area contributed by atoms with Crippen molar-refractivity contribution < 1.29 is 19.2 Å². The number of carboxylic acids is 1. The van der Waals surface area contributed by atoms with Gasteiger partial charge >= 0.3 is 5.97 Å². The normalized spacial score (nSPS) is 10.7. The van der Waals surface area contributed by atoms with Crippen molar-refractivity contribution in [2.24, 2.45) is 0 Å². The number of rotatable bonds is 5. The lowest BCUT2D eigenvalue weighted by Crippen LogP contribution is -2.01. The highest BCUT2D eigenvalue weighted by atomic mass is 16.5. The van der Waals surface area contributed by atoms with E-state index in [0.717, 1.165) is 0 Å². The largest absolute Gasteiger partial charge is 0.482 e. The molecule has 7 nitrogen and oxygen atoms in total. The van der Waals surface area contributed by atoms with E-state index in [2.05, 4.69) is 15.1 Å². The Hall–Kier alpha value is -2.44. The Bertz CT molecular complexity index is 580. The highest BCUT2D eigenvalue weighted by Crippen LogP contribution is 2.14. The highest BCUT2D eigenvalue weighted by Gasteiger charge is 2.11. The van der Waals surface area contributed by atoms with Gasteiger partial charge in [-0.15, -0.1) is 0 Å². The average Bonchev–Trinajstić information content (AvgIpc) is 2.85. The van der Waals surface area contributed by atoms with E-state index in [9.17, 15) is 4.79 Å². The maximum absolute atomic E-state index is 10.8. The van der Waals surface area contributed by atoms with Crippen LogP contribution in [-0.2, 0) is 6.61 Å². The van der Waals surface area contributed by atoms with Crippen LogP contribution in [0.15, 0.2) is 23.0 Å². The molecule has 2 aromatic heterocycles. The van der Waals surface area contributed by atoms with Crippen LogP contribution in [0.2, 0.25) is 0 Å². The van der Waals surface area contributed by atoms with Crippen molar-refractivity contribution >= 4 is 5.97 Å². The predicted octanol–water partition coefficient (Wildman–Crippen LogP) is 1.87. The Kier molecular flexibility index (Phi) is 3.74. The monoisotopic (exact) mass is 263 g/mol. The molecule has 0 fully saturated rings. The molecule has 0 aromatic carbocycles. The summed E-state index contributed by atoms with van der Waals surface area (Å²) in [5.74, 6) is 0.400. The third-order valence-electron chi connectivity index (χ3n) is 2.32. The fraction of sp³-hybridized carbons (Fsp3) is 0.333. The van der Waals surface area contributed by atoms with Crippen LogP contribution in [0.25, 0.3) is 0 Å². The van der Waals surface area contributed by atoms with Gasteiger partial charge in [0.25, 0.3) is 5.89 Å². The maximum Gasteiger partial charge on any atom is 0.337 e. The van der Waals surface area contributed by atoms with Crippen molar-refractivity contribution in [3.8, 4) is 5.75 Å². The summed E-state index contributed by atoms with van der Waals surface area (Å²) in [4.78, 5) is 18.7. The summed E-state index contributed by atoms with van der Waals surface area (Å²) >= 11 is 0. The van der Waals surface area contributed by atoms with Crippen LogP contribution >= 0.6 is 0 Å². The van der Waals surface area contributed by atoms with Gasteiger partial charge in [-0.2, -0.15) is 4.98 Å². The van der Waals surface area contributed by atoms with E-state index in [1.54, 1.807) is 0 Å². The molecular weight excluding hydrogens is 250 g/mol. The predicted molar refractivity (Wildman–Crippen MR) is 63.9 cm³/mol. The Balaban J connectivity index is 2.01. The molecule has 0 aliphatic rings. The highest BCUT2D eigenvalue weighted by molar-refractivity contribution is 5.87. The Morgan fingerprint density at radius 1 is 1.47 bits per heavy atom. The van der Waals surface area contributed by atoms with Gasteiger partial charge in [0.1, 0.15) is 5.75 Å². The summed E-state index contributed by atoms with van der Waals surface area (Å²) < 4.78 is 10.4. The molecule has 1 N–H and O–H groups in total. The molecule has 0 bridgehead atoms.